The van der Waals surface area contributed by atoms with Crippen molar-refractivity contribution < 1.29 is 0 Å². The van der Waals surface area contributed by atoms with Crippen LogP contribution in [0.5, 0.6) is 0 Å². The maximum atomic E-state index is 8.04. The van der Waals surface area contributed by atoms with Crippen molar-refractivity contribution in [2.45, 2.75) is 0 Å². The number of rotatable bonds is 1. The fourth-order valence-corrected chi connectivity index (χ4v) is 0.755. The highest BCUT2D eigenvalue weighted by molar-refractivity contribution is 6.32. The Bertz CT molecular complexity index is 278. The van der Waals surface area contributed by atoms with Gasteiger partial charge in [-0.2, -0.15) is 0 Å². The first-order valence-corrected chi connectivity index (χ1v) is 3.02. The molecule has 4 heteroatoms. The van der Waals surface area contributed by atoms with Crippen LogP contribution in [0.15, 0.2) is 29.4 Å². The van der Waals surface area contributed by atoms with Gasteiger partial charge in [-0.3, -0.25) is 0 Å². The van der Waals surface area contributed by atoms with Gasteiger partial charge in [0, 0.05) is 4.91 Å². The molecule has 0 aliphatic carbocycles. The van der Waals surface area contributed by atoms with E-state index >= 15 is 0 Å². The van der Waals surface area contributed by atoms with Crippen molar-refractivity contribution in [2.24, 2.45) is 5.11 Å². The van der Waals surface area contributed by atoms with E-state index in [-0.39, 0.29) is 0 Å². The van der Waals surface area contributed by atoms with Crippen LogP contribution in [-0.2, 0) is 0 Å². The van der Waals surface area contributed by atoms with Gasteiger partial charge in [-0.05, 0) is 11.6 Å². The number of hydrogen-bond acceptors (Lipinski definition) is 1. The van der Waals surface area contributed by atoms with E-state index in [2.05, 4.69) is 10.0 Å². The lowest BCUT2D eigenvalue weighted by Crippen LogP contribution is -1.62. The van der Waals surface area contributed by atoms with Crippen LogP contribution in [0.4, 0.5) is 5.69 Å². The van der Waals surface area contributed by atoms with Gasteiger partial charge in [0.05, 0.1) is 10.7 Å². The molecule has 0 fully saturated rings. The Morgan fingerprint density at radius 1 is 1.40 bits per heavy atom. The van der Waals surface area contributed by atoms with Gasteiger partial charge in [-0.25, -0.2) is 0 Å². The summed E-state index contributed by atoms with van der Waals surface area (Å²) in [5.74, 6) is 0. The zero-order valence-electron chi connectivity index (χ0n) is 5.03. The molecule has 50 valence electrons. The maximum Gasteiger partial charge on any atom is 0.0561 e. The van der Waals surface area contributed by atoms with E-state index < -0.39 is 0 Å². The van der Waals surface area contributed by atoms with Crippen LogP contribution >= 0.6 is 11.6 Å². The normalized spacial score (nSPS) is 8.50. The minimum Gasteiger partial charge on any atom is -0.0838 e. The summed E-state index contributed by atoms with van der Waals surface area (Å²) in [7, 11) is 0. The van der Waals surface area contributed by atoms with Crippen LogP contribution in [-0.4, -0.2) is 0 Å². The molecule has 0 amide bonds. The lowest BCUT2D eigenvalue weighted by Gasteiger charge is -1.91. The monoisotopic (exact) mass is 153 g/mol. The second-order valence-electron chi connectivity index (χ2n) is 1.64. The molecule has 0 spiro atoms. The van der Waals surface area contributed by atoms with Gasteiger partial charge >= 0.3 is 0 Å². The van der Waals surface area contributed by atoms with Crippen LogP contribution < -0.4 is 0 Å². The van der Waals surface area contributed by atoms with Crippen molar-refractivity contribution in [3.8, 4) is 0 Å². The SMILES string of the molecule is [N-]=[N+]=Nc1ccccc1Cl. The molecule has 1 aromatic rings. The molecule has 1 rings (SSSR count). The summed E-state index contributed by atoms with van der Waals surface area (Å²) in [6.07, 6.45) is 0. The number of azide groups is 1. The third kappa shape index (κ3) is 1.41. The summed E-state index contributed by atoms with van der Waals surface area (Å²) >= 11 is 5.64. The average Bonchev–Trinajstić information content (AvgIpc) is 1.94. The summed E-state index contributed by atoms with van der Waals surface area (Å²) in [4.78, 5) is 2.61. The summed E-state index contributed by atoms with van der Waals surface area (Å²) < 4.78 is 0. The first-order chi connectivity index (χ1) is 4.84. The highest BCUT2D eigenvalue weighted by Crippen LogP contribution is 2.23. The molecular formula is C6H4ClN3. The summed E-state index contributed by atoms with van der Waals surface area (Å²) in [5.41, 5.74) is 8.51. The van der Waals surface area contributed by atoms with Gasteiger partial charge in [-0.15, -0.1) is 0 Å². The molecule has 0 atom stereocenters. The van der Waals surface area contributed by atoms with Gasteiger partial charge in [0.2, 0.25) is 0 Å². The molecule has 0 bridgehead atoms. The second-order valence-corrected chi connectivity index (χ2v) is 2.05. The molecule has 3 nitrogen and oxygen atoms in total. The molecule has 0 saturated carbocycles. The zero-order chi connectivity index (χ0) is 7.40. The third-order valence-electron chi connectivity index (χ3n) is 1.00. The van der Waals surface area contributed by atoms with Crippen molar-refractivity contribution in [3.63, 3.8) is 0 Å². The minimum atomic E-state index is 0.465. The third-order valence-corrected chi connectivity index (χ3v) is 1.32. The van der Waals surface area contributed by atoms with Gasteiger partial charge in [0.1, 0.15) is 0 Å². The molecule has 0 saturated heterocycles. The van der Waals surface area contributed by atoms with Crippen molar-refractivity contribution >= 4 is 17.3 Å². The van der Waals surface area contributed by atoms with Crippen LogP contribution in [0.3, 0.4) is 0 Å². The van der Waals surface area contributed by atoms with Crippen LogP contribution in [0, 0.1) is 0 Å². The van der Waals surface area contributed by atoms with Crippen LogP contribution in [0.25, 0.3) is 10.4 Å². The first kappa shape index (κ1) is 6.93. The summed E-state index contributed by atoms with van der Waals surface area (Å²) in [6.45, 7) is 0. The van der Waals surface area contributed by atoms with Crippen LogP contribution in [0.2, 0.25) is 5.02 Å². The molecule has 0 aliphatic rings. The molecule has 1 aromatic carbocycles. The fraction of sp³-hybridized carbons (Fsp3) is 0. The molecule has 0 unspecified atom stereocenters. The van der Waals surface area contributed by atoms with Crippen molar-refractivity contribution in [1.82, 2.24) is 0 Å². The molecule has 0 radical (unpaired) electrons. The minimum absolute atomic E-state index is 0.465. The van der Waals surface area contributed by atoms with Crippen LogP contribution in [0.1, 0.15) is 0 Å². The van der Waals surface area contributed by atoms with E-state index in [9.17, 15) is 0 Å². The topological polar surface area (TPSA) is 48.8 Å². The van der Waals surface area contributed by atoms with E-state index in [0.29, 0.717) is 10.7 Å². The number of hydrogen-bond donors (Lipinski definition) is 0. The zero-order valence-corrected chi connectivity index (χ0v) is 5.78. The average molecular weight is 154 g/mol. The molecule has 0 aromatic heterocycles. The largest absolute Gasteiger partial charge is 0.0838 e. The number of halogens is 1. The predicted octanol–water partition coefficient (Wildman–Crippen LogP) is 3.28. The van der Waals surface area contributed by atoms with Gasteiger partial charge < -0.3 is 0 Å². The molecule has 0 N–H and O–H groups in total. The highest BCUT2D eigenvalue weighted by atomic mass is 35.5. The van der Waals surface area contributed by atoms with Crippen molar-refractivity contribution in [2.75, 3.05) is 0 Å². The van der Waals surface area contributed by atoms with E-state index in [1.807, 2.05) is 0 Å². The number of benzene rings is 1. The summed E-state index contributed by atoms with van der Waals surface area (Å²) in [5, 5.41) is 3.83. The Kier molecular flexibility index (Phi) is 2.15. The van der Waals surface area contributed by atoms with Crippen molar-refractivity contribution in [1.29, 1.82) is 0 Å². The smallest absolute Gasteiger partial charge is 0.0561 e. The van der Waals surface area contributed by atoms with E-state index in [4.69, 9.17) is 17.1 Å². The fourth-order valence-electron chi connectivity index (χ4n) is 0.581. The first-order valence-electron chi connectivity index (χ1n) is 2.64. The number of nitrogens with zero attached hydrogens (tertiary/aromatic N) is 3. The Balaban J connectivity index is 3.14. The lowest BCUT2D eigenvalue weighted by molar-refractivity contribution is 1.48. The molecular weight excluding hydrogens is 150 g/mol. The molecule has 0 heterocycles. The van der Waals surface area contributed by atoms with Gasteiger partial charge in [-0.1, -0.05) is 34.9 Å². The Morgan fingerprint density at radius 2 is 2.10 bits per heavy atom. The second kappa shape index (κ2) is 3.11. The van der Waals surface area contributed by atoms with Gasteiger partial charge in [0.15, 0.2) is 0 Å². The van der Waals surface area contributed by atoms with E-state index in [1.165, 1.54) is 0 Å². The predicted molar refractivity (Wildman–Crippen MR) is 40.3 cm³/mol. The Hall–Kier alpha value is -1.18. The molecule has 0 aliphatic heterocycles. The Labute approximate surface area is 62.9 Å². The maximum absolute atomic E-state index is 8.04. The lowest BCUT2D eigenvalue weighted by atomic mass is 10.3. The van der Waals surface area contributed by atoms with Crippen molar-refractivity contribution in [3.05, 3.63) is 39.7 Å². The van der Waals surface area contributed by atoms with Gasteiger partial charge in [0.25, 0.3) is 0 Å². The van der Waals surface area contributed by atoms with E-state index in [1.54, 1.807) is 24.3 Å². The molecule has 10 heavy (non-hydrogen) atoms. The van der Waals surface area contributed by atoms with E-state index in [0.717, 1.165) is 0 Å². The standard InChI is InChI=1S/C6H4ClN3/c7-5-3-1-2-4-6(5)9-10-8/h1-4H. The summed E-state index contributed by atoms with van der Waals surface area (Å²) in [6, 6.07) is 6.86. The quantitative estimate of drug-likeness (QED) is 0.338. The Morgan fingerprint density at radius 3 is 2.70 bits per heavy atom. The highest BCUT2D eigenvalue weighted by Gasteiger charge is 1.91.